The molecule has 1 aromatic carbocycles. The van der Waals surface area contributed by atoms with E-state index in [-0.39, 0.29) is 6.10 Å². The molecule has 2 unspecified atom stereocenters. The Labute approximate surface area is 127 Å². The average molecular weight is 293 g/mol. The van der Waals surface area contributed by atoms with Crippen LogP contribution < -0.4 is 10.1 Å². The molecule has 2 atom stereocenters. The van der Waals surface area contributed by atoms with Crippen molar-refractivity contribution < 1.29 is 4.74 Å². The molecule has 2 rings (SSSR count). The molecule has 3 heteroatoms. The van der Waals surface area contributed by atoms with E-state index in [1.165, 1.54) is 30.6 Å². The summed E-state index contributed by atoms with van der Waals surface area (Å²) >= 11 is 2.12. The van der Waals surface area contributed by atoms with Gasteiger partial charge >= 0.3 is 0 Å². The van der Waals surface area contributed by atoms with Gasteiger partial charge in [0, 0.05) is 11.3 Å². The molecule has 0 saturated carbocycles. The first-order valence-corrected chi connectivity index (χ1v) is 8.87. The second kappa shape index (κ2) is 7.94. The summed E-state index contributed by atoms with van der Waals surface area (Å²) in [4.78, 5) is 0. The van der Waals surface area contributed by atoms with Crippen molar-refractivity contribution in [1.29, 1.82) is 0 Å². The lowest BCUT2D eigenvalue weighted by molar-refractivity contribution is 0.242. The largest absolute Gasteiger partial charge is 0.491 e. The van der Waals surface area contributed by atoms with Crippen LogP contribution in [-0.4, -0.2) is 23.7 Å². The molecule has 0 amide bonds. The normalized spacial score (nSPS) is 20.9. The second-order valence-electron chi connectivity index (χ2n) is 5.68. The average Bonchev–Trinajstić information content (AvgIpc) is 2.45. The fourth-order valence-corrected chi connectivity index (χ4v) is 4.22. The Bertz CT molecular complexity index is 402. The van der Waals surface area contributed by atoms with E-state index in [2.05, 4.69) is 62.1 Å². The lowest BCUT2D eigenvalue weighted by Crippen LogP contribution is -2.31. The number of hydrogen-bond acceptors (Lipinski definition) is 3. The predicted octanol–water partition coefficient (Wildman–Crippen LogP) is 4.41. The molecule has 0 radical (unpaired) electrons. The second-order valence-corrected chi connectivity index (χ2v) is 7.03. The van der Waals surface area contributed by atoms with Crippen LogP contribution in [0.1, 0.15) is 51.6 Å². The van der Waals surface area contributed by atoms with Gasteiger partial charge in [0.05, 0.1) is 6.10 Å². The van der Waals surface area contributed by atoms with Gasteiger partial charge in [-0.2, -0.15) is 11.8 Å². The van der Waals surface area contributed by atoms with Crippen LogP contribution in [0.25, 0.3) is 0 Å². The zero-order chi connectivity index (χ0) is 14.4. The van der Waals surface area contributed by atoms with E-state index in [1.807, 2.05) is 0 Å². The highest BCUT2D eigenvalue weighted by Gasteiger charge is 2.25. The third kappa shape index (κ3) is 4.42. The van der Waals surface area contributed by atoms with Gasteiger partial charge in [0.1, 0.15) is 5.75 Å². The highest BCUT2D eigenvalue weighted by molar-refractivity contribution is 8.00. The molecule has 1 heterocycles. The summed E-state index contributed by atoms with van der Waals surface area (Å²) in [5.74, 6) is 2.29. The summed E-state index contributed by atoms with van der Waals surface area (Å²) in [6, 6.07) is 9.06. The summed E-state index contributed by atoms with van der Waals surface area (Å²) in [6.45, 7) is 7.35. The molecular weight excluding hydrogens is 266 g/mol. The van der Waals surface area contributed by atoms with Crippen LogP contribution >= 0.6 is 11.8 Å². The number of ether oxygens (including phenoxy) is 1. The minimum atomic E-state index is 0.229. The fourth-order valence-electron chi connectivity index (χ4n) is 2.77. The van der Waals surface area contributed by atoms with Gasteiger partial charge in [0.15, 0.2) is 0 Å². The molecule has 2 nitrogen and oxygen atoms in total. The van der Waals surface area contributed by atoms with Gasteiger partial charge in [-0.25, -0.2) is 0 Å². The zero-order valence-corrected chi connectivity index (χ0v) is 13.7. The Balaban J connectivity index is 2.15. The minimum absolute atomic E-state index is 0.229. The van der Waals surface area contributed by atoms with Crippen molar-refractivity contribution in [2.45, 2.75) is 57.4 Å². The number of nitrogens with one attached hydrogen (secondary N) is 1. The first-order valence-electron chi connectivity index (χ1n) is 7.82. The van der Waals surface area contributed by atoms with Crippen LogP contribution in [0, 0.1) is 0 Å². The van der Waals surface area contributed by atoms with Crippen molar-refractivity contribution in [3.8, 4) is 5.75 Å². The first kappa shape index (κ1) is 15.7. The van der Waals surface area contributed by atoms with Gasteiger partial charge in [0.2, 0.25) is 0 Å². The quantitative estimate of drug-likeness (QED) is 0.839. The lowest BCUT2D eigenvalue weighted by Gasteiger charge is -2.31. The Morgan fingerprint density at radius 3 is 2.85 bits per heavy atom. The van der Waals surface area contributed by atoms with Crippen molar-refractivity contribution in [2.24, 2.45) is 0 Å². The topological polar surface area (TPSA) is 21.3 Å². The van der Waals surface area contributed by atoms with E-state index in [0.29, 0.717) is 11.3 Å². The first-order chi connectivity index (χ1) is 9.70. The smallest absolute Gasteiger partial charge is 0.120 e. The van der Waals surface area contributed by atoms with E-state index in [9.17, 15) is 0 Å². The van der Waals surface area contributed by atoms with Gasteiger partial charge in [-0.1, -0.05) is 25.5 Å². The molecular formula is C17H27NOS. The van der Waals surface area contributed by atoms with Crippen LogP contribution in [0.4, 0.5) is 0 Å². The monoisotopic (exact) mass is 293 g/mol. The maximum Gasteiger partial charge on any atom is 0.120 e. The van der Waals surface area contributed by atoms with E-state index in [4.69, 9.17) is 4.74 Å². The summed E-state index contributed by atoms with van der Waals surface area (Å²) in [6.07, 6.45) is 4.28. The molecule has 1 N–H and O–H groups in total. The number of rotatable bonds is 6. The van der Waals surface area contributed by atoms with Crippen molar-refractivity contribution in [3.05, 3.63) is 29.8 Å². The molecule has 1 aliphatic heterocycles. The molecule has 1 saturated heterocycles. The summed E-state index contributed by atoms with van der Waals surface area (Å²) in [5, 5.41) is 4.37. The zero-order valence-electron chi connectivity index (χ0n) is 12.9. The standard InChI is InChI=1S/C17H27NOS/c1-4-18-17(16-10-5-6-11-20-16)14-8-7-9-15(12-14)19-13(2)3/h7-9,12-13,16-18H,4-6,10-11H2,1-3H3. The predicted molar refractivity (Wildman–Crippen MR) is 88.7 cm³/mol. The fraction of sp³-hybridized carbons (Fsp3) is 0.647. The molecule has 0 aromatic heterocycles. The molecule has 20 heavy (non-hydrogen) atoms. The van der Waals surface area contributed by atoms with Crippen molar-refractivity contribution in [2.75, 3.05) is 12.3 Å². The van der Waals surface area contributed by atoms with Crippen LogP contribution in [-0.2, 0) is 0 Å². The molecule has 0 aliphatic carbocycles. The lowest BCUT2D eigenvalue weighted by atomic mass is 9.99. The Morgan fingerprint density at radius 1 is 1.35 bits per heavy atom. The minimum Gasteiger partial charge on any atom is -0.491 e. The Hall–Kier alpha value is -0.670. The number of thioether (sulfide) groups is 1. The van der Waals surface area contributed by atoms with Crippen molar-refractivity contribution in [1.82, 2.24) is 5.32 Å². The van der Waals surface area contributed by atoms with Crippen LogP contribution in [0.5, 0.6) is 5.75 Å². The molecule has 0 spiro atoms. The molecule has 0 bridgehead atoms. The van der Waals surface area contributed by atoms with E-state index >= 15 is 0 Å². The van der Waals surface area contributed by atoms with E-state index < -0.39 is 0 Å². The van der Waals surface area contributed by atoms with Gasteiger partial charge in [-0.15, -0.1) is 0 Å². The Morgan fingerprint density at radius 2 is 2.20 bits per heavy atom. The van der Waals surface area contributed by atoms with Crippen LogP contribution in [0.2, 0.25) is 0 Å². The van der Waals surface area contributed by atoms with Crippen molar-refractivity contribution in [3.63, 3.8) is 0 Å². The molecule has 1 fully saturated rings. The molecule has 1 aliphatic rings. The van der Waals surface area contributed by atoms with Crippen molar-refractivity contribution >= 4 is 11.8 Å². The molecule has 1 aromatic rings. The maximum absolute atomic E-state index is 5.84. The maximum atomic E-state index is 5.84. The van der Waals surface area contributed by atoms with Gasteiger partial charge < -0.3 is 10.1 Å². The van der Waals surface area contributed by atoms with Crippen LogP contribution in [0.3, 0.4) is 0 Å². The third-order valence-electron chi connectivity index (χ3n) is 3.60. The summed E-state index contributed by atoms with van der Waals surface area (Å²) in [5.41, 5.74) is 1.37. The van der Waals surface area contributed by atoms with Gasteiger partial charge in [-0.3, -0.25) is 0 Å². The number of hydrogen-bond donors (Lipinski definition) is 1. The number of benzene rings is 1. The highest BCUT2D eigenvalue weighted by Crippen LogP contribution is 2.35. The van der Waals surface area contributed by atoms with Gasteiger partial charge in [-0.05, 0) is 56.7 Å². The SMILES string of the molecule is CCNC(c1cccc(OC(C)C)c1)C1CCCCS1. The van der Waals surface area contributed by atoms with Gasteiger partial charge in [0.25, 0.3) is 0 Å². The van der Waals surface area contributed by atoms with Crippen LogP contribution in [0.15, 0.2) is 24.3 Å². The Kier molecular flexibility index (Phi) is 6.24. The molecule has 112 valence electrons. The van der Waals surface area contributed by atoms with E-state index in [0.717, 1.165) is 12.3 Å². The highest BCUT2D eigenvalue weighted by atomic mass is 32.2. The third-order valence-corrected chi connectivity index (χ3v) is 5.06. The summed E-state index contributed by atoms with van der Waals surface area (Å²) in [7, 11) is 0. The summed E-state index contributed by atoms with van der Waals surface area (Å²) < 4.78 is 5.84. The van der Waals surface area contributed by atoms with E-state index in [1.54, 1.807) is 0 Å².